The summed E-state index contributed by atoms with van der Waals surface area (Å²) in [5.74, 6) is 0.893. The van der Waals surface area contributed by atoms with Crippen LogP contribution in [0.25, 0.3) is 0 Å². The smallest absolute Gasteiger partial charge is 0.116 e. The fraction of sp³-hybridized carbons (Fsp3) is 0.643. The van der Waals surface area contributed by atoms with Crippen LogP contribution in [0.3, 0.4) is 0 Å². The monoisotopic (exact) mass is 253 g/mol. The molecule has 0 amide bonds. The minimum atomic E-state index is 0.208. The van der Waals surface area contributed by atoms with Crippen molar-refractivity contribution in [3.63, 3.8) is 0 Å². The van der Waals surface area contributed by atoms with E-state index in [1.165, 1.54) is 0 Å². The van der Waals surface area contributed by atoms with Crippen LogP contribution in [0, 0.1) is 0 Å². The minimum absolute atomic E-state index is 0.208. The van der Waals surface area contributed by atoms with E-state index in [0.717, 1.165) is 36.5 Å². The SMILES string of the molecule is C=C(N=C(C)N(C)N(C)CCCO)/C(C)=C\CC. The van der Waals surface area contributed by atoms with Crippen molar-refractivity contribution in [2.45, 2.75) is 33.6 Å². The maximum atomic E-state index is 8.82. The van der Waals surface area contributed by atoms with Gasteiger partial charge in [0.25, 0.3) is 0 Å². The number of rotatable bonds is 7. The van der Waals surface area contributed by atoms with Crippen LogP contribution in [0.15, 0.2) is 28.9 Å². The second-order valence-corrected chi connectivity index (χ2v) is 4.38. The van der Waals surface area contributed by atoms with Gasteiger partial charge in [0.2, 0.25) is 0 Å². The zero-order valence-corrected chi connectivity index (χ0v) is 12.4. The van der Waals surface area contributed by atoms with Gasteiger partial charge in [0.15, 0.2) is 0 Å². The Labute approximate surface area is 111 Å². The van der Waals surface area contributed by atoms with Gasteiger partial charge in [-0.3, -0.25) is 5.01 Å². The second-order valence-electron chi connectivity index (χ2n) is 4.38. The summed E-state index contributed by atoms with van der Waals surface area (Å²) in [7, 11) is 3.94. The molecule has 4 nitrogen and oxygen atoms in total. The first-order valence-corrected chi connectivity index (χ1v) is 6.41. The van der Waals surface area contributed by atoms with Crippen molar-refractivity contribution < 1.29 is 5.11 Å². The first-order chi connectivity index (χ1) is 8.43. The highest BCUT2D eigenvalue weighted by molar-refractivity contribution is 5.80. The maximum absolute atomic E-state index is 8.82. The van der Waals surface area contributed by atoms with Crippen LogP contribution in [0.1, 0.15) is 33.6 Å². The Morgan fingerprint density at radius 2 is 1.94 bits per heavy atom. The zero-order chi connectivity index (χ0) is 14.1. The number of nitrogens with zero attached hydrogens (tertiary/aromatic N) is 3. The summed E-state index contributed by atoms with van der Waals surface area (Å²) in [6.07, 6.45) is 3.87. The molecule has 0 radical (unpaired) electrons. The van der Waals surface area contributed by atoms with E-state index in [9.17, 15) is 0 Å². The van der Waals surface area contributed by atoms with Crippen molar-refractivity contribution in [3.05, 3.63) is 23.9 Å². The Morgan fingerprint density at radius 1 is 1.33 bits per heavy atom. The molecule has 0 aliphatic rings. The Hall–Kier alpha value is -1.13. The summed E-state index contributed by atoms with van der Waals surface area (Å²) < 4.78 is 0. The Balaban J connectivity index is 4.57. The van der Waals surface area contributed by atoms with Crippen molar-refractivity contribution in [1.82, 2.24) is 10.0 Å². The van der Waals surface area contributed by atoms with Gasteiger partial charge in [-0.2, -0.15) is 0 Å². The number of allylic oxidation sites excluding steroid dienone is 2. The average Bonchev–Trinajstić information content (AvgIpc) is 2.34. The van der Waals surface area contributed by atoms with E-state index in [1.807, 2.05) is 38.0 Å². The van der Waals surface area contributed by atoms with Gasteiger partial charge >= 0.3 is 0 Å². The number of aliphatic hydroxyl groups is 1. The lowest BCUT2D eigenvalue weighted by molar-refractivity contribution is 0.0942. The van der Waals surface area contributed by atoms with E-state index in [4.69, 9.17) is 5.11 Å². The van der Waals surface area contributed by atoms with Crippen LogP contribution in [0.2, 0.25) is 0 Å². The molecule has 0 spiro atoms. The predicted octanol–water partition coefficient (Wildman–Crippen LogP) is 2.44. The van der Waals surface area contributed by atoms with E-state index < -0.39 is 0 Å². The third kappa shape index (κ3) is 5.98. The number of hydrogen-bond donors (Lipinski definition) is 1. The third-order valence-corrected chi connectivity index (χ3v) is 2.88. The van der Waals surface area contributed by atoms with Crippen molar-refractivity contribution in [2.75, 3.05) is 27.2 Å². The largest absolute Gasteiger partial charge is 0.396 e. The molecule has 0 aliphatic carbocycles. The molecule has 0 atom stereocenters. The van der Waals surface area contributed by atoms with Gasteiger partial charge in [-0.25, -0.2) is 10.0 Å². The van der Waals surface area contributed by atoms with Gasteiger partial charge in [0, 0.05) is 27.2 Å². The van der Waals surface area contributed by atoms with Crippen molar-refractivity contribution in [2.24, 2.45) is 4.99 Å². The Morgan fingerprint density at radius 3 is 2.44 bits per heavy atom. The van der Waals surface area contributed by atoms with Crippen molar-refractivity contribution in [1.29, 1.82) is 0 Å². The number of aliphatic hydroxyl groups excluding tert-OH is 1. The highest BCUT2D eigenvalue weighted by Crippen LogP contribution is 2.10. The molecule has 0 unspecified atom stereocenters. The normalized spacial score (nSPS) is 13.1. The van der Waals surface area contributed by atoms with Gasteiger partial charge in [-0.15, -0.1) is 0 Å². The summed E-state index contributed by atoms with van der Waals surface area (Å²) in [5.41, 5.74) is 1.92. The van der Waals surface area contributed by atoms with Gasteiger partial charge < -0.3 is 5.11 Å². The Bertz CT molecular complexity index is 321. The topological polar surface area (TPSA) is 39.1 Å². The number of hydrogen-bond acceptors (Lipinski definition) is 3. The third-order valence-electron chi connectivity index (χ3n) is 2.88. The molecular weight excluding hydrogens is 226 g/mol. The van der Waals surface area contributed by atoms with Crippen LogP contribution >= 0.6 is 0 Å². The molecule has 4 heteroatoms. The fourth-order valence-corrected chi connectivity index (χ4v) is 1.48. The van der Waals surface area contributed by atoms with E-state index >= 15 is 0 Å². The lowest BCUT2D eigenvalue weighted by Gasteiger charge is -2.29. The van der Waals surface area contributed by atoms with Crippen molar-refractivity contribution >= 4 is 5.84 Å². The number of aliphatic imine (C=N–C) groups is 1. The summed E-state index contributed by atoms with van der Waals surface area (Å²) in [5, 5.41) is 12.8. The molecule has 0 aliphatic heterocycles. The van der Waals surface area contributed by atoms with E-state index in [-0.39, 0.29) is 6.61 Å². The first-order valence-electron chi connectivity index (χ1n) is 6.41. The average molecular weight is 253 g/mol. The van der Waals surface area contributed by atoms with Crippen LogP contribution in [0.4, 0.5) is 0 Å². The molecule has 18 heavy (non-hydrogen) atoms. The molecule has 0 heterocycles. The highest BCUT2D eigenvalue weighted by atomic mass is 16.3. The summed E-state index contributed by atoms with van der Waals surface area (Å²) in [6, 6.07) is 0. The summed E-state index contributed by atoms with van der Waals surface area (Å²) in [6.45, 7) is 11.1. The number of hydrazine groups is 1. The molecule has 0 aromatic carbocycles. The number of amidine groups is 1. The van der Waals surface area contributed by atoms with Gasteiger partial charge in [0.05, 0.1) is 5.70 Å². The fourth-order valence-electron chi connectivity index (χ4n) is 1.48. The molecule has 0 aromatic rings. The molecule has 0 fully saturated rings. The first kappa shape index (κ1) is 16.9. The molecule has 0 saturated heterocycles. The molecule has 1 N–H and O–H groups in total. The Kier molecular flexibility index (Phi) is 8.33. The van der Waals surface area contributed by atoms with Gasteiger partial charge in [-0.1, -0.05) is 19.6 Å². The van der Waals surface area contributed by atoms with Gasteiger partial charge in [0.1, 0.15) is 5.84 Å². The van der Waals surface area contributed by atoms with E-state index in [2.05, 4.69) is 24.6 Å². The summed E-state index contributed by atoms with van der Waals surface area (Å²) in [4.78, 5) is 4.50. The molecular formula is C14H27N3O. The van der Waals surface area contributed by atoms with Crippen LogP contribution in [-0.2, 0) is 0 Å². The second kappa shape index (κ2) is 8.89. The minimum Gasteiger partial charge on any atom is -0.396 e. The van der Waals surface area contributed by atoms with E-state index in [1.54, 1.807) is 0 Å². The highest BCUT2D eigenvalue weighted by Gasteiger charge is 2.07. The van der Waals surface area contributed by atoms with Crippen LogP contribution in [-0.4, -0.2) is 48.2 Å². The predicted molar refractivity (Wildman–Crippen MR) is 78.4 cm³/mol. The molecule has 0 bridgehead atoms. The summed E-state index contributed by atoms with van der Waals surface area (Å²) >= 11 is 0. The van der Waals surface area contributed by atoms with Crippen LogP contribution < -0.4 is 0 Å². The maximum Gasteiger partial charge on any atom is 0.116 e. The van der Waals surface area contributed by atoms with Crippen molar-refractivity contribution in [3.8, 4) is 0 Å². The molecule has 104 valence electrons. The molecule has 0 aromatic heterocycles. The van der Waals surface area contributed by atoms with Crippen LogP contribution in [0.5, 0.6) is 0 Å². The quantitative estimate of drug-likeness (QED) is 0.328. The van der Waals surface area contributed by atoms with E-state index in [0.29, 0.717) is 0 Å². The zero-order valence-electron chi connectivity index (χ0n) is 12.4. The molecule has 0 rings (SSSR count). The standard InChI is InChI=1S/C14H27N3O/c1-7-9-12(2)13(3)15-14(4)17(6)16(5)10-8-11-18/h9,18H,3,7-8,10-11H2,1-2,4-6H3/b12-9-,15-14?. The lowest BCUT2D eigenvalue weighted by Crippen LogP contribution is -2.40. The van der Waals surface area contributed by atoms with Gasteiger partial charge in [-0.05, 0) is 32.3 Å². The molecule has 0 saturated carbocycles. The lowest BCUT2D eigenvalue weighted by atomic mass is 10.2.